The van der Waals surface area contributed by atoms with E-state index in [1.165, 1.54) is 24.0 Å². The first kappa shape index (κ1) is 25.2. The number of aromatic nitrogens is 2. The van der Waals surface area contributed by atoms with Gasteiger partial charge in [-0.05, 0) is 36.9 Å². The van der Waals surface area contributed by atoms with Crippen LogP contribution in [-0.4, -0.2) is 68.2 Å². The number of methoxy groups -OCH3 is 1. The molecular formula is C26H29Cl2N5O2. The van der Waals surface area contributed by atoms with Crippen molar-refractivity contribution in [3.8, 4) is 5.75 Å². The summed E-state index contributed by atoms with van der Waals surface area (Å²) in [6, 6.07) is 13.8. The van der Waals surface area contributed by atoms with E-state index in [1.54, 1.807) is 19.2 Å². The second-order valence-electron chi connectivity index (χ2n) is 8.68. The van der Waals surface area contributed by atoms with Gasteiger partial charge < -0.3 is 14.5 Å². The van der Waals surface area contributed by atoms with Crippen molar-refractivity contribution in [2.24, 2.45) is 0 Å². The first-order valence-corrected chi connectivity index (χ1v) is 12.2. The van der Waals surface area contributed by atoms with Gasteiger partial charge in [0.05, 0.1) is 24.2 Å². The van der Waals surface area contributed by atoms with Crippen molar-refractivity contribution < 1.29 is 9.53 Å². The van der Waals surface area contributed by atoms with E-state index in [1.807, 2.05) is 6.07 Å². The molecule has 2 heterocycles. The van der Waals surface area contributed by atoms with Crippen LogP contribution in [0, 0.1) is 0 Å². The number of ether oxygens (including phenoxy) is 1. The molecule has 9 heteroatoms. The van der Waals surface area contributed by atoms with Gasteiger partial charge in [-0.15, -0.1) is 0 Å². The molecule has 184 valence electrons. The van der Waals surface area contributed by atoms with Gasteiger partial charge in [-0.25, -0.2) is 9.97 Å². The minimum atomic E-state index is -0.191. The van der Waals surface area contributed by atoms with Crippen LogP contribution in [0.1, 0.15) is 16.8 Å². The molecule has 7 nitrogen and oxygen atoms in total. The van der Waals surface area contributed by atoms with Gasteiger partial charge >= 0.3 is 0 Å². The lowest BCUT2D eigenvalue weighted by molar-refractivity contribution is -0.117. The Bertz CT molecular complexity index is 1200. The lowest BCUT2D eigenvalue weighted by Gasteiger charge is -2.34. The minimum Gasteiger partial charge on any atom is -0.495 e. The third-order valence-corrected chi connectivity index (χ3v) is 7.06. The van der Waals surface area contributed by atoms with Gasteiger partial charge in [-0.3, -0.25) is 9.69 Å². The van der Waals surface area contributed by atoms with Crippen LogP contribution in [0.2, 0.25) is 10.0 Å². The second-order valence-corrected chi connectivity index (χ2v) is 9.46. The highest BCUT2D eigenvalue weighted by Gasteiger charge is 2.20. The molecule has 35 heavy (non-hydrogen) atoms. The summed E-state index contributed by atoms with van der Waals surface area (Å²) in [5, 5.41) is 0.756. The number of benzene rings is 2. The largest absolute Gasteiger partial charge is 0.495 e. The van der Waals surface area contributed by atoms with Gasteiger partial charge in [0.1, 0.15) is 17.9 Å². The quantitative estimate of drug-likeness (QED) is 0.468. The van der Waals surface area contributed by atoms with Gasteiger partial charge in [0.2, 0.25) is 5.91 Å². The fourth-order valence-electron chi connectivity index (χ4n) is 4.10. The SMILES string of the molecule is COc1ccc(Cl)c(CC(=O)N(C)c2cc(Cc3cccc(N4CCN(C)CC4)c3)ncn2)c1Cl. The monoisotopic (exact) mass is 513 g/mol. The molecule has 1 aliphatic rings. The third-order valence-electron chi connectivity index (χ3n) is 6.29. The van der Waals surface area contributed by atoms with Gasteiger partial charge in [-0.1, -0.05) is 35.3 Å². The predicted octanol–water partition coefficient (Wildman–Crippen LogP) is 4.34. The molecule has 1 aromatic heterocycles. The Morgan fingerprint density at radius 1 is 1.09 bits per heavy atom. The number of nitrogens with zero attached hydrogens (tertiary/aromatic N) is 5. The van der Waals surface area contributed by atoms with Crippen molar-refractivity contribution >= 4 is 40.6 Å². The average Bonchev–Trinajstić information content (AvgIpc) is 2.87. The van der Waals surface area contributed by atoms with Crippen LogP contribution in [0.4, 0.5) is 11.5 Å². The van der Waals surface area contributed by atoms with Crippen molar-refractivity contribution in [1.29, 1.82) is 0 Å². The van der Waals surface area contributed by atoms with Gasteiger partial charge in [-0.2, -0.15) is 0 Å². The normalized spacial score (nSPS) is 14.1. The number of rotatable bonds is 7. The highest BCUT2D eigenvalue weighted by molar-refractivity contribution is 6.37. The van der Waals surface area contributed by atoms with Gasteiger partial charge in [0.25, 0.3) is 0 Å². The Kier molecular flexibility index (Phi) is 8.11. The summed E-state index contributed by atoms with van der Waals surface area (Å²) < 4.78 is 5.25. The maximum atomic E-state index is 13.0. The fraction of sp³-hybridized carbons (Fsp3) is 0.346. The molecule has 1 aliphatic heterocycles. The number of likely N-dealkylation sites (N-methyl/N-ethyl adjacent to an activating group) is 2. The van der Waals surface area contributed by atoms with Gasteiger partial charge in [0.15, 0.2) is 0 Å². The summed E-state index contributed by atoms with van der Waals surface area (Å²) in [6.45, 7) is 4.16. The van der Waals surface area contributed by atoms with Crippen LogP contribution >= 0.6 is 23.2 Å². The summed E-state index contributed by atoms with van der Waals surface area (Å²) in [5.74, 6) is 0.804. The van der Waals surface area contributed by atoms with Crippen LogP contribution in [0.3, 0.4) is 0 Å². The first-order valence-electron chi connectivity index (χ1n) is 11.5. The van der Waals surface area contributed by atoms with Crippen molar-refractivity contribution in [1.82, 2.24) is 14.9 Å². The molecule has 4 rings (SSSR count). The van der Waals surface area contributed by atoms with E-state index in [9.17, 15) is 4.79 Å². The standard InChI is InChI=1S/C26H29Cl2N5O2/c1-31-9-11-33(12-10-31)20-6-4-5-18(14-20)13-19-15-24(30-17-29-19)32(2)25(34)16-21-22(27)7-8-23(35-3)26(21)28/h4-8,14-15,17H,9-13,16H2,1-3H3. The molecule has 0 radical (unpaired) electrons. The third kappa shape index (κ3) is 6.04. The Morgan fingerprint density at radius 3 is 2.60 bits per heavy atom. The number of carbonyl (C=O) groups excluding carboxylic acids is 1. The number of amides is 1. The van der Waals surface area contributed by atoms with Crippen LogP contribution in [0.25, 0.3) is 0 Å². The summed E-state index contributed by atoms with van der Waals surface area (Å²) >= 11 is 12.7. The summed E-state index contributed by atoms with van der Waals surface area (Å²) in [4.78, 5) is 28.0. The van der Waals surface area contributed by atoms with Crippen LogP contribution in [-0.2, 0) is 17.6 Å². The molecule has 0 saturated carbocycles. The fourth-order valence-corrected chi connectivity index (χ4v) is 4.68. The molecule has 1 amide bonds. The van der Waals surface area contributed by atoms with E-state index in [4.69, 9.17) is 27.9 Å². The molecule has 0 bridgehead atoms. The number of anilines is 2. The molecule has 1 fully saturated rings. The zero-order valence-corrected chi connectivity index (χ0v) is 21.7. The molecule has 3 aromatic rings. The van der Waals surface area contributed by atoms with Crippen molar-refractivity contribution in [2.75, 3.05) is 57.2 Å². The Balaban J connectivity index is 1.47. The van der Waals surface area contributed by atoms with Gasteiger partial charge in [0, 0.05) is 62.0 Å². The van der Waals surface area contributed by atoms with Crippen LogP contribution in [0.15, 0.2) is 48.8 Å². The molecule has 1 saturated heterocycles. The van der Waals surface area contributed by atoms with E-state index in [0.717, 1.165) is 37.4 Å². The van der Waals surface area contributed by atoms with Crippen molar-refractivity contribution in [3.05, 3.63) is 75.7 Å². The Hall–Kier alpha value is -2.87. The minimum absolute atomic E-state index is 0.0256. The maximum absolute atomic E-state index is 13.0. The van der Waals surface area contributed by atoms with E-state index in [-0.39, 0.29) is 12.3 Å². The molecule has 0 aliphatic carbocycles. The van der Waals surface area contributed by atoms with Crippen LogP contribution in [0.5, 0.6) is 5.75 Å². The summed E-state index contributed by atoms with van der Waals surface area (Å²) in [6.07, 6.45) is 2.16. The number of piperazine rings is 1. The van der Waals surface area contributed by atoms with Crippen molar-refractivity contribution in [3.63, 3.8) is 0 Å². The summed E-state index contributed by atoms with van der Waals surface area (Å²) in [7, 11) is 5.36. The second kappa shape index (κ2) is 11.2. The lowest BCUT2D eigenvalue weighted by Crippen LogP contribution is -2.44. The predicted molar refractivity (Wildman–Crippen MR) is 141 cm³/mol. The number of carbonyl (C=O) groups is 1. The molecule has 0 unspecified atom stereocenters. The van der Waals surface area contributed by atoms with Crippen LogP contribution < -0.4 is 14.5 Å². The topological polar surface area (TPSA) is 61.8 Å². The van der Waals surface area contributed by atoms with E-state index in [0.29, 0.717) is 33.6 Å². The average molecular weight is 514 g/mol. The molecule has 0 atom stereocenters. The molecular weight excluding hydrogens is 485 g/mol. The molecule has 0 spiro atoms. The van der Waals surface area contributed by atoms with E-state index >= 15 is 0 Å². The van der Waals surface area contributed by atoms with Crippen molar-refractivity contribution in [2.45, 2.75) is 12.8 Å². The number of hydrogen-bond donors (Lipinski definition) is 0. The zero-order valence-electron chi connectivity index (χ0n) is 20.2. The molecule has 0 N–H and O–H groups in total. The highest BCUT2D eigenvalue weighted by Crippen LogP contribution is 2.34. The number of halogens is 2. The Labute approximate surface area is 216 Å². The van der Waals surface area contributed by atoms with E-state index < -0.39 is 0 Å². The molecule has 2 aromatic carbocycles. The maximum Gasteiger partial charge on any atom is 0.232 e. The zero-order chi connectivity index (χ0) is 24.9. The Morgan fingerprint density at radius 2 is 1.86 bits per heavy atom. The lowest BCUT2D eigenvalue weighted by atomic mass is 10.1. The summed E-state index contributed by atoms with van der Waals surface area (Å²) in [5.41, 5.74) is 3.75. The van der Waals surface area contributed by atoms with E-state index in [2.05, 4.69) is 51.1 Å². The smallest absolute Gasteiger partial charge is 0.232 e. The number of hydrogen-bond acceptors (Lipinski definition) is 6. The highest BCUT2D eigenvalue weighted by atomic mass is 35.5. The first-order chi connectivity index (χ1) is 16.9.